The highest BCUT2D eigenvalue weighted by Gasteiger charge is 2.22. The summed E-state index contributed by atoms with van der Waals surface area (Å²) in [5, 5.41) is 10.0. The average Bonchev–Trinajstić information content (AvgIpc) is 2.85. The molecule has 0 saturated carbocycles. The van der Waals surface area contributed by atoms with Crippen molar-refractivity contribution in [3.05, 3.63) is 83.1 Å². The van der Waals surface area contributed by atoms with Crippen LogP contribution in [0.1, 0.15) is 23.2 Å². The van der Waals surface area contributed by atoms with Gasteiger partial charge in [0.15, 0.2) is 5.11 Å². The second kappa shape index (κ2) is 11.7. The maximum Gasteiger partial charge on any atom is 0.258 e. The van der Waals surface area contributed by atoms with E-state index < -0.39 is 11.7 Å². The number of hydrogen-bond acceptors (Lipinski definition) is 4. The zero-order valence-corrected chi connectivity index (χ0v) is 21.8. The Hall–Kier alpha value is -3.20. The van der Waals surface area contributed by atoms with Crippen LogP contribution < -0.4 is 20.9 Å². The van der Waals surface area contributed by atoms with Gasteiger partial charge in [0, 0.05) is 30.2 Å². The van der Waals surface area contributed by atoms with E-state index in [1.165, 1.54) is 12.1 Å². The summed E-state index contributed by atoms with van der Waals surface area (Å²) in [7, 11) is 4.25. The molecule has 3 aromatic carbocycles. The molecule has 0 radical (unpaired) electrons. The smallest absolute Gasteiger partial charge is 0.258 e. The molecule has 3 aromatic rings. The molecule has 6 nitrogen and oxygen atoms in total. The number of carbonyl (C=O) groups excluding carboxylic acids is 1. The maximum absolute atomic E-state index is 13.8. The average molecular weight is 526 g/mol. The van der Waals surface area contributed by atoms with Crippen molar-refractivity contribution in [1.29, 1.82) is 0 Å². The van der Waals surface area contributed by atoms with Gasteiger partial charge in [-0.2, -0.15) is 0 Å². The summed E-state index contributed by atoms with van der Waals surface area (Å²) in [6.07, 6.45) is 2.23. The van der Waals surface area contributed by atoms with Crippen LogP contribution in [0.3, 0.4) is 0 Å². The van der Waals surface area contributed by atoms with Gasteiger partial charge in [0.05, 0.1) is 16.3 Å². The number of benzene rings is 3. The van der Waals surface area contributed by atoms with Crippen molar-refractivity contribution in [3.63, 3.8) is 0 Å². The van der Waals surface area contributed by atoms with Gasteiger partial charge < -0.3 is 25.8 Å². The molecule has 4 rings (SSSR count). The van der Waals surface area contributed by atoms with Crippen LogP contribution in [0.25, 0.3) is 0 Å². The van der Waals surface area contributed by atoms with Crippen LogP contribution in [0.15, 0.2) is 66.7 Å². The van der Waals surface area contributed by atoms with E-state index in [1.54, 1.807) is 36.4 Å². The first kappa shape index (κ1) is 25.9. The molecule has 1 saturated heterocycles. The Morgan fingerprint density at radius 3 is 2.19 bits per heavy atom. The molecule has 36 heavy (non-hydrogen) atoms. The van der Waals surface area contributed by atoms with Gasteiger partial charge in [0.25, 0.3) is 5.91 Å². The van der Waals surface area contributed by atoms with E-state index in [2.05, 4.69) is 39.8 Å². The van der Waals surface area contributed by atoms with Gasteiger partial charge in [-0.05, 0) is 99.8 Å². The third kappa shape index (κ3) is 6.51. The number of nitrogens with zero attached hydrogens (tertiary/aromatic N) is 2. The fourth-order valence-electron chi connectivity index (χ4n) is 4.22. The van der Waals surface area contributed by atoms with Crippen molar-refractivity contribution < 1.29 is 9.18 Å². The van der Waals surface area contributed by atoms with Gasteiger partial charge in [0.2, 0.25) is 0 Å². The van der Waals surface area contributed by atoms with Crippen molar-refractivity contribution in [2.45, 2.75) is 18.9 Å². The van der Waals surface area contributed by atoms with E-state index in [9.17, 15) is 9.18 Å². The standard InChI is InChI=1S/C27H29ClFN5OS/c1-33-15-13-21(14-16-33)34(2)25-12-11-20(17-23(25)28)32-27(36)31-19-9-7-18(8-10-19)30-26(35)22-5-3-4-6-24(22)29/h3-12,17,21H,13-16H2,1-2H3,(H,30,35)(H2,31,32,36). The number of halogens is 2. The van der Waals surface area contributed by atoms with E-state index in [1.807, 2.05) is 18.2 Å². The molecule has 1 heterocycles. The minimum absolute atomic E-state index is 0.00713. The van der Waals surface area contributed by atoms with Crippen LogP contribution in [0.4, 0.5) is 27.1 Å². The van der Waals surface area contributed by atoms with Crippen LogP contribution in [0.5, 0.6) is 0 Å². The second-order valence-corrected chi connectivity index (χ2v) is 9.72. The molecule has 0 spiro atoms. The van der Waals surface area contributed by atoms with Crippen molar-refractivity contribution in [2.24, 2.45) is 0 Å². The first-order valence-electron chi connectivity index (χ1n) is 11.7. The van der Waals surface area contributed by atoms with Gasteiger partial charge in [-0.3, -0.25) is 4.79 Å². The molecule has 1 amide bonds. The molecule has 1 aliphatic heterocycles. The van der Waals surface area contributed by atoms with Gasteiger partial charge in [0.1, 0.15) is 5.82 Å². The third-order valence-electron chi connectivity index (χ3n) is 6.34. The number of thiocarbonyl (C=S) groups is 1. The summed E-state index contributed by atoms with van der Waals surface area (Å²) in [5.74, 6) is -1.07. The van der Waals surface area contributed by atoms with Crippen LogP contribution in [0, 0.1) is 5.82 Å². The lowest BCUT2D eigenvalue weighted by atomic mass is 10.0. The predicted molar refractivity (Wildman–Crippen MR) is 151 cm³/mol. The Labute approximate surface area is 221 Å². The number of hydrogen-bond donors (Lipinski definition) is 3. The summed E-state index contributed by atoms with van der Waals surface area (Å²) in [6.45, 7) is 2.18. The molecule has 1 fully saturated rings. The summed E-state index contributed by atoms with van der Waals surface area (Å²) in [5.41, 5.74) is 3.06. The summed E-state index contributed by atoms with van der Waals surface area (Å²) >= 11 is 12.1. The normalized spacial score (nSPS) is 14.2. The van der Waals surface area contributed by atoms with E-state index in [0.717, 1.165) is 43.0 Å². The van der Waals surface area contributed by atoms with E-state index in [4.69, 9.17) is 23.8 Å². The van der Waals surface area contributed by atoms with Crippen LogP contribution in [-0.4, -0.2) is 49.1 Å². The Balaban J connectivity index is 1.31. The topological polar surface area (TPSA) is 59.6 Å². The molecule has 9 heteroatoms. The minimum Gasteiger partial charge on any atom is -0.370 e. The first-order valence-corrected chi connectivity index (χ1v) is 12.5. The molecular weight excluding hydrogens is 497 g/mol. The van der Waals surface area contributed by atoms with Gasteiger partial charge in [-0.15, -0.1) is 0 Å². The lowest BCUT2D eigenvalue weighted by Crippen LogP contribution is -2.42. The summed E-state index contributed by atoms with van der Waals surface area (Å²) < 4.78 is 13.8. The lowest BCUT2D eigenvalue weighted by Gasteiger charge is -2.36. The van der Waals surface area contributed by atoms with Crippen LogP contribution in [-0.2, 0) is 0 Å². The molecule has 188 valence electrons. The Morgan fingerprint density at radius 2 is 1.56 bits per heavy atom. The summed E-state index contributed by atoms with van der Waals surface area (Å²) in [4.78, 5) is 16.9. The molecular formula is C27H29ClFN5OS. The molecule has 1 aliphatic rings. The van der Waals surface area contributed by atoms with E-state index in [-0.39, 0.29) is 5.56 Å². The predicted octanol–water partition coefficient (Wildman–Crippen LogP) is 6.07. The SMILES string of the molecule is CN1CCC(N(C)c2ccc(NC(=S)Nc3ccc(NC(=O)c4ccccc4F)cc3)cc2Cl)CC1. The highest BCUT2D eigenvalue weighted by Crippen LogP contribution is 2.31. The second-order valence-electron chi connectivity index (χ2n) is 8.90. The number of carbonyl (C=O) groups is 1. The van der Waals surface area contributed by atoms with E-state index in [0.29, 0.717) is 21.9 Å². The van der Waals surface area contributed by atoms with Crippen molar-refractivity contribution >= 4 is 57.6 Å². The highest BCUT2D eigenvalue weighted by molar-refractivity contribution is 7.80. The monoisotopic (exact) mass is 525 g/mol. The van der Waals surface area contributed by atoms with Crippen LogP contribution in [0.2, 0.25) is 5.02 Å². The quantitative estimate of drug-likeness (QED) is 0.339. The molecule has 0 aromatic heterocycles. The van der Waals surface area contributed by atoms with Gasteiger partial charge in [-0.1, -0.05) is 23.7 Å². The number of piperidine rings is 1. The Kier molecular flexibility index (Phi) is 8.40. The van der Waals surface area contributed by atoms with Gasteiger partial charge >= 0.3 is 0 Å². The molecule has 3 N–H and O–H groups in total. The fraction of sp³-hybridized carbons (Fsp3) is 0.259. The van der Waals surface area contributed by atoms with Crippen molar-refractivity contribution in [1.82, 2.24) is 4.90 Å². The first-order chi connectivity index (χ1) is 17.3. The summed E-state index contributed by atoms with van der Waals surface area (Å²) in [6, 6.07) is 19.2. The van der Waals surface area contributed by atoms with E-state index >= 15 is 0 Å². The molecule has 0 atom stereocenters. The van der Waals surface area contributed by atoms with Crippen LogP contribution >= 0.6 is 23.8 Å². The molecule has 0 aliphatic carbocycles. The maximum atomic E-state index is 13.8. The number of rotatable bonds is 6. The Morgan fingerprint density at radius 1 is 0.972 bits per heavy atom. The zero-order chi connectivity index (χ0) is 25.7. The van der Waals surface area contributed by atoms with Crippen molar-refractivity contribution in [2.75, 3.05) is 48.0 Å². The fourth-order valence-corrected chi connectivity index (χ4v) is 4.77. The highest BCUT2D eigenvalue weighted by atomic mass is 35.5. The largest absolute Gasteiger partial charge is 0.370 e. The number of anilines is 4. The zero-order valence-electron chi connectivity index (χ0n) is 20.2. The molecule has 0 bridgehead atoms. The lowest BCUT2D eigenvalue weighted by molar-refractivity contribution is 0.102. The molecule has 0 unspecified atom stereocenters. The third-order valence-corrected chi connectivity index (χ3v) is 6.85. The van der Waals surface area contributed by atoms with Crippen molar-refractivity contribution in [3.8, 4) is 0 Å². The number of amides is 1. The number of likely N-dealkylation sites (tertiary alicyclic amines) is 1. The minimum atomic E-state index is -0.564. The van der Waals surface area contributed by atoms with Gasteiger partial charge in [-0.25, -0.2) is 4.39 Å². The number of nitrogens with one attached hydrogen (secondary N) is 3. The Bertz CT molecular complexity index is 1230.